The summed E-state index contributed by atoms with van der Waals surface area (Å²) < 4.78 is 93.3. The van der Waals surface area contributed by atoms with E-state index in [-0.39, 0.29) is 76.8 Å². The van der Waals surface area contributed by atoms with Gasteiger partial charge in [0.25, 0.3) is 0 Å². The van der Waals surface area contributed by atoms with Gasteiger partial charge >= 0.3 is 5.97 Å². The van der Waals surface area contributed by atoms with Crippen molar-refractivity contribution in [3.63, 3.8) is 0 Å². The van der Waals surface area contributed by atoms with Gasteiger partial charge in [0.2, 0.25) is 0 Å². The van der Waals surface area contributed by atoms with Crippen molar-refractivity contribution in [3.05, 3.63) is 89.4 Å². The molecule has 13 nitrogen and oxygen atoms in total. The second-order valence-electron chi connectivity index (χ2n) is 25.5. The van der Waals surface area contributed by atoms with E-state index in [1.807, 2.05) is 24.3 Å². The number of halogens is 1. The third-order valence-electron chi connectivity index (χ3n) is 18.8. The van der Waals surface area contributed by atoms with E-state index in [0.29, 0.717) is 68.0 Å². The highest BCUT2D eigenvalue weighted by atomic mass is 79.9. The summed E-state index contributed by atoms with van der Waals surface area (Å²) in [4.78, 5) is 13.4. The second-order valence-corrected chi connectivity index (χ2v) is 33.6. The topological polar surface area (TPSA) is 155 Å². The van der Waals surface area contributed by atoms with Gasteiger partial charge in [-0.3, -0.25) is 0 Å². The quantitative estimate of drug-likeness (QED) is 0.0638. The molecule has 1 N–H and O–H groups in total. The lowest BCUT2D eigenvalue weighted by atomic mass is 9.78. The normalized spacial score (nSPS) is 36.5. The van der Waals surface area contributed by atoms with Gasteiger partial charge < -0.3 is 47.4 Å². The van der Waals surface area contributed by atoms with Crippen LogP contribution in [-0.4, -0.2) is 131 Å². The molecule has 10 rings (SSSR count). The Kier molecular flexibility index (Phi) is 18.7. The minimum Gasteiger partial charge on any atom is -0.458 e. The predicted octanol–water partition coefficient (Wildman–Crippen LogP) is 11.8. The molecule has 0 aromatic heterocycles. The molecule has 0 aliphatic carbocycles. The number of fused-ring (bicyclic) bond motifs is 1. The third-order valence-corrected chi connectivity index (χ3v) is 25.9. The van der Waals surface area contributed by atoms with E-state index in [0.717, 1.165) is 31.3 Å². The highest BCUT2D eigenvalue weighted by molar-refractivity contribution is 9.11. The number of ether oxygens (including phenoxy) is 8. The average molecular weight is 1170 g/mol. The van der Waals surface area contributed by atoms with Crippen LogP contribution in [0.15, 0.2) is 88.8 Å². The molecule has 20 atom stereocenters. The van der Waals surface area contributed by atoms with E-state index in [1.54, 1.807) is 36.4 Å². The van der Waals surface area contributed by atoms with E-state index in [9.17, 15) is 9.90 Å². The summed E-state index contributed by atoms with van der Waals surface area (Å²) in [5, 5.41) is 11.8. The number of esters is 1. The summed E-state index contributed by atoms with van der Waals surface area (Å²) >= 11 is 3.50. The highest BCUT2D eigenvalue weighted by Gasteiger charge is 2.69. The Bertz CT molecular complexity index is 2460. The Hall–Kier alpha value is -2.32. The van der Waals surface area contributed by atoms with Crippen molar-refractivity contribution < 1.29 is 60.6 Å². The molecule has 3 unspecified atom stereocenters. The number of carbonyl (C=O) groups is 1. The van der Waals surface area contributed by atoms with Crippen LogP contribution in [0.5, 0.6) is 0 Å². The Balaban J connectivity index is 0.967. The first-order valence-electron chi connectivity index (χ1n) is 29.0. The number of aliphatic hydroxyl groups is 1. The van der Waals surface area contributed by atoms with E-state index >= 15 is 8.42 Å². The molecule has 0 saturated carbocycles. The largest absolute Gasteiger partial charge is 0.458 e. The van der Waals surface area contributed by atoms with Crippen LogP contribution in [0.25, 0.3) is 0 Å². The molecule has 0 radical (unpaired) electrons. The number of benzene rings is 2. The number of carbonyl (C=O) groups excluding carboxylic acids is 1. The standard InChI is InChI=1S/C61H89BrO13SSi/c1-12-13-22-42-30-37(3)39(5)49(68-42)33-50-52(40(6)48(71-50)29-36(2)35-67-77(10,11)60(7,8)9)58(76(65,66)45-23-18-15-19-24-45)46(63)32-43-25-26-47-53(69-43)57-56-55(72-47)54-51(73-56)34-61(74-54,75-57)28-27-44(31-38(4)62)70-59(64)41-20-16-14-17-21-41/h14-21,23-24,36-37,40,42-44,46-58,63H,4-5,12-13,22,25-35H2,1-3,6-11H3/t36-,37+,40-,42-,43+,44-,46?,47-,48+,49+,50?,51+,52+,53-,54-,55-,56+,57-,58?,61-/m0/s1. The molecule has 8 aliphatic heterocycles. The first-order valence-corrected chi connectivity index (χ1v) is 34.2. The molecule has 8 aliphatic rings. The lowest BCUT2D eigenvalue weighted by Gasteiger charge is -2.48. The molecule has 2 aromatic rings. The average Bonchev–Trinajstić information content (AvgIpc) is 3.99. The highest BCUT2D eigenvalue weighted by Crippen LogP contribution is 2.55. The number of unbranched alkanes of at least 4 members (excludes halogenated alkanes) is 1. The van der Waals surface area contributed by atoms with Crippen LogP contribution in [0.3, 0.4) is 0 Å². The van der Waals surface area contributed by atoms with Crippen molar-refractivity contribution in [1.29, 1.82) is 0 Å². The second kappa shape index (κ2) is 24.3. The fourth-order valence-electron chi connectivity index (χ4n) is 13.4. The molecule has 8 fully saturated rings. The maximum absolute atomic E-state index is 15.6. The van der Waals surface area contributed by atoms with Crippen LogP contribution in [-0.2, 0) is 52.2 Å². The summed E-state index contributed by atoms with van der Waals surface area (Å²) in [6.45, 7) is 29.2. The smallest absolute Gasteiger partial charge is 0.338 e. The van der Waals surface area contributed by atoms with Gasteiger partial charge in [-0.05, 0) is 109 Å². The molecular weight excluding hydrogens is 1080 g/mol. The predicted molar refractivity (Wildman–Crippen MR) is 302 cm³/mol. The van der Waals surface area contributed by atoms with Gasteiger partial charge in [0.15, 0.2) is 23.9 Å². The number of rotatable bonds is 23. The summed E-state index contributed by atoms with van der Waals surface area (Å²) in [6.07, 6.45) is 1.89. The minimum absolute atomic E-state index is 0.0572. The summed E-state index contributed by atoms with van der Waals surface area (Å²) in [5.74, 6) is -1.92. The van der Waals surface area contributed by atoms with Crippen molar-refractivity contribution in [2.75, 3.05) is 6.61 Å². The molecule has 0 amide bonds. The zero-order valence-corrected chi connectivity index (χ0v) is 50.6. The van der Waals surface area contributed by atoms with Gasteiger partial charge in [-0.2, -0.15) is 0 Å². The van der Waals surface area contributed by atoms with E-state index in [2.05, 4.69) is 90.6 Å². The monoisotopic (exact) mass is 1170 g/mol. The molecular formula is C61H89BrO13SSi. The van der Waals surface area contributed by atoms with Crippen molar-refractivity contribution in [3.8, 4) is 0 Å². The summed E-state index contributed by atoms with van der Waals surface area (Å²) in [7, 11) is -6.22. The van der Waals surface area contributed by atoms with Gasteiger partial charge in [0.05, 0.1) is 64.5 Å². The van der Waals surface area contributed by atoms with Crippen LogP contribution < -0.4 is 0 Å². The van der Waals surface area contributed by atoms with Crippen LogP contribution in [0, 0.1) is 23.7 Å². The van der Waals surface area contributed by atoms with Crippen LogP contribution >= 0.6 is 15.9 Å². The van der Waals surface area contributed by atoms with Gasteiger partial charge in [-0.15, -0.1) is 0 Å². The lowest BCUT2D eigenvalue weighted by Crippen LogP contribution is -2.62. The van der Waals surface area contributed by atoms with Crippen LogP contribution in [0.2, 0.25) is 18.1 Å². The maximum atomic E-state index is 15.6. The lowest BCUT2D eigenvalue weighted by molar-refractivity contribution is -0.293. The van der Waals surface area contributed by atoms with Crippen molar-refractivity contribution in [2.24, 2.45) is 23.7 Å². The van der Waals surface area contributed by atoms with Crippen molar-refractivity contribution in [1.82, 2.24) is 0 Å². The third kappa shape index (κ3) is 13.0. The van der Waals surface area contributed by atoms with Crippen molar-refractivity contribution in [2.45, 2.75) is 251 Å². The van der Waals surface area contributed by atoms with E-state index in [4.69, 9.17) is 42.3 Å². The number of aliphatic hydroxyl groups excluding tert-OH is 1. The van der Waals surface area contributed by atoms with E-state index < -0.39 is 83.8 Å². The SMILES string of the molecule is C=C(Br)C[C@H](CC[C@@]12C[C@H]3O[C@H]4[C@@H](O1)[C@H]1O[C@@H](CC(O)C([C@H]5C(C[C@H]6O[C@@H](CCCC)C[C@@H](C)C6=C)O[C@H](C[C@H](C)CO[Si](C)(C)C(C)(C)C)[C@@H]5C)S(=O)(=O)c5ccccc5)CC[C@@H]1O[C@H]4[C@H]3O2)OC(=O)c1ccccc1. The Labute approximate surface area is 469 Å². The maximum Gasteiger partial charge on any atom is 0.338 e. The van der Waals surface area contributed by atoms with Crippen molar-refractivity contribution >= 4 is 40.1 Å². The summed E-state index contributed by atoms with van der Waals surface area (Å²) in [5.41, 5.74) is 1.48. The van der Waals surface area contributed by atoms with E-state index in [1.165, 1.54) is 0 Å². The van der Waals surface area contributed by atoms with Gasteiger partial charge in [0.1, 0.15) is 36.6 Å². The minimum atomic E-state index is -4.18. The molecule has 8 saturated heterocycles. The Morgan fingerprint density at radius 3 is 2.25 bits per heavy atom. The number of sulfone groups is 1. The van der Waals surface area contributed by atoms with Gasteiger partial charge in [-0.1, -0.05) is 127 Å². The first-order chi connectivity index (χ1) is 36.5. The molecule has 0 spiro atoms. The van der Waals surface area contributed by atoms with Crippen LogP contribution in [0.4, 0.5) is 0 Å². The van der Waals surface area contributed by atoms with Crippen LogP contribution in [0.1, 0.15) is 142 Å². The van der Waals surface area contributed by atoms with Gasteiger partial charge in [-0.25, -0.2) is 13.2 Å². The fourth-order valence-corrected chi connectivity index (χ4v) is 17.1. The molecule has 8 heterocycles. The Morgan fingerprint density at radius 2 is 1.56 bits per heavy atom. The first kappa shape index (κ1) is 59.3. The molecule has 428 valence electrons. The molecule has 77 heavy (non-hydrogen) atoms. The van der Waals surface area contributed by atoms with Gasteiger partial charge in [0, 0.05) is 44.6 Å². The number of hydrogen-bond acceptors (Lipinski definition) is 13. The Morgan fingerprint density at radius 1 is 0.883 bits per heavy atom. The fraction of sp³-hybridized carbons (Fsp3) is 0.721. The molecule has 16 heteroatoms. The molecule has 2 aromatic carbocycles. The zero-order valence-electron chi connectivity index (χ0n) is 47.2. The molecule has 6 bridgehead atoms. The number of hydrogen-bond donors (Lipinski definition) is 1. The zero-order chi connectivity index (χ0) is 55.2. The summed E-state index contributed by atoms with van der Waals surface area (Å²) in [6, 6.07) is 17.5.